The summed E-state index contributed by atoms with van der Waals surface area (Å²) in [5.74, 6) is -0.497. The van der Waals surface area contributed by atoms with Crippen LogP contribution < -0.4 is 5.32 Å². The van der Waals surface area contributed by atoms with Gasteiger partial charge in [-0.3, -0.25) is 9.59 Å². The number of hydrogen-bond donors (Lipinski definition) is 1. The molecular weight excluding hydrogens is 396 g/mol. The van der Waals surface area contributed by atoms with Crippen LogP contribution in [0.5, 0.6) is 0 Å². The van der Waals surface area contributed by atoms with Crippen LogP contribution in [0.2, 0.25) is 0 Å². The molecule has 2 unspecified atom stereocenters. The second-order valence-electron chi connectivity index (χ2n) is 7.20. The van der Waals surface area contributed by atoms with Crippen molar-refractivity contribution in [1.82, 2.24) is 4.98 Å². The molecule has 1 N–H and O–H groups in total. The number of esters is 1. The highest BCUT2D eigenvalue weighted by Gasteiger charge is 2.20. The van der Waals surface area contributed by atoms with E-state index in [2.05, 4.69) is 24.1 Å². The number of carbonyl (C=O) groups excluding carboxylic acids is 2. The third kappa shape index (κ3) is 5.54. The maximum Gasteiger partial charge on any atom is 0.312 e. The lowest BCUT2D eigenvalue weighted by atomic mass is 9.97. The summed E-state index contributed by atoms with van der Waals surface area (Å²) in [6.07, 6.45) is 0.107. The van der Waals surface area contributed by atoms with Crippen LogP contribution in [0.3, 0.4) is 0 Å². The number of carbonyl (C=O) groups is 2. The molecule has 30 heavy (non-hydrogen) atoms. The van der Waals surface area contributed by atoms with Crippen molar-refractivity contribution >= 4 is 28.9 Å². The van der Waals surface area contributed by atoms with Gasteiger partial charge in [-0.1, -0.05) is 62.4 Å². The van der Waals surface area contributed by atoms with Crippen molar-refractivity contribution in [3.05, 3.63) is 71.2 Å². The van der Waals surface area contributed by atoms with Crippen molar-refractivity contribution in [2.24, 2.45) is 0 Å². The minimum atomic E-state index is -0.894. The third-order valence-corrected chi connectivity index (χ3v) is 5.88. The van der Waals surface area contributed by atoms with Crippen molar-refractivity contribution in [2.75, 3.05) is 5.32 Å². The zero-order valence-corrected chi connectivity index (χ0v) is 18.2. The Bertz CT molecular complexity index is 1000. The fourth-order valence-electron chi connectivity index (χ4n) is 3.04. The highest BCUT2D eigenvalue weighted by molar-refractivity contribution is 7.13. The molecule has 0 saturated carbocycles. The fourth-order valence-corrected chi connectivity index (χ4v) is 3.86. The molecule has 1 amide bonds. The van der Waals surface area contributed by atoms with E-state index in [4.69, 9.17) is 4.74 Å². The van der Waals surface area contributed by atoms with Gasteiger partial charge in [0.2, 0.25) is 0 Å². The summed E-state index contributed by atoms with van der Waals surface area (Å²) in [7, 11) is 0. The highest BCUT2D eigenvalue weighted by atomic mass is 32.1. The van der Waals surface area contributed by atoms with Crippen LogP contribution in [0.4, 0.5) is 5.69 Å². The quantitative estimate of drug-likeness (QED) is 0.491. The molecule has 0 aliphatic carbocycles. The van der Waals surface area contributed by atoms with Gasteiger partial charge in [-0.25, -0.2) is 4.98 Å². The summed E-state index contributed by atoms with van der Waals surface area (Å²) in [5, 5.41) is 5.59. The first-order valence-electron chi connectivity index (χ1n) is 10.1. The van der Waals surface area contributed by atoms with E-state index in [1.165, 1.54) is 11.3 Å². The lowest BCUT2D eigenvalue weighted by Gasteiger charge is -2.18. The number of para-hydroxylation sites is 1. The molecule has 2 atom stereocenters. The molecule has 0 spiro atoms. The maximum atomic E-state index is 12.6. The van der Waals surface area contributed by atoms with E-state index in [9.17, 15) is 9.59 Å². The van der Waals surface area contributed by atoms with Gasteiger partial charge >= 0.3 is 5.97 Å². The molecule has 1 aromatic heterocycles. The van der Waals surface area contributed by atoms with Crippen LogP contribution in [-0.2, 0) is 20.7 Å². The minimum Gasteiger partial charge on any atom is -0.452 e. The number of benzene rings is 2. The summed E-state index contributed by atoms with van der Waals surface area (Å²) in [6.45, 7) is 5.80. The Morgan fingerprint density at radius 3 is 2.50 bits per heavy atom. The average Bonchev–Trinajstić information content (AvgIpc) is 3.22. The van der Waals surface area contributed by atoms with Crippen LogP contribution in [0.1, 0.15) is 44.4 Å². The molecule has 6 heteroatoms. The number of nitrogens with zero attached hydrogens (tertiary/aromatic N) is 1. The van der Waals surface area contributed by atoms with E-state index < -0.39 is 12.1 Å². The monoisotopic (exact) mass is 422 g/mol. The number of amides is 1. The zero-order valence-electron chi connectivity index (χ0n) is 17.4. The molecule has 0 bridgehead atoms. The molecular formula is C24H26N2O3S. The van der Waals surface area contributed by atoms with Gasteiger partial charge in [-0.15, -0.1) is 11.3 Å². The topological polar surface area (TPSA) is 68.3 Å². The van der Waals surface area contributed by atoms with Gasteiger partial charge in [-0.2, -0.15) is 0 Å². The van der Waals surface area contributed by atoms with Crippen LogP contribution >= 0.6 is 11.3 Å². The molecule has 1 heterocycles. The Morgan fingerprint density at radius 1 is 1.07 bits per heavy atom. The molecule has 2 aromatic carbocycles. The van der Waals surface area contributed by atoms with E-state index >= 15 is 0 Å². The summed E-state index contributed by atoms with van der Waals surface area (Å²) >= 11 is 1.48. The van der Waals surface area contributed by atoms with Crippen molar-refractivity contribution < 1.29 is 14.3 Å². The second-order valence-corrected chi connectivity index (χ2v) is 8.06. The van der Waals surface area contributed by atoms with E-state index in [0.29, 0.717) is 11.6 Å². The Labute approximate surface area is 181 Å². The van der Waals surface area contributed by atoms with Crippen LogP contribution in [0.15, 0.2) is 60.0 Å². The largest absolute Gasteiger partial charge is 0.452 e. The van der Waals surface area contributed by atoms with Crippen molar-refractivity contribution in [3.8, 4) is 10.6 Å². The molecule has 3 aromatic rings. The van der Waals surface area contributed by atoms with Gasteiger partial charge in [0, 0.05) is 16.6 Å². The molecule has 0 saturated heterocycles. The van der Waals surface area contributed by atoms with Crippen LogP contribution in [-0.4, -0.2) is 23.0 Å². The number of rotatable bonds is 8. The van der Waals surface area contributed by atoms with Gasteiger partial charge in [0.05, 0.1) is 12.1 Å². The summed E-state index contributed by atoms with van der Waals surface area (Å²) < 4.78 is 5.34. The number of nitrogens with one attached hydrogen (secondary N) is 1. The average molecular weight is 423 g/mol. The Balaban J connectivity index is 1.57. The number of ether oxygens (including phenoxy) is 1. The third-order valence-electron chi connectivity index (χ3n) is 4.94. The number of thiazole rings is 1. The second kappa shape index (κ2) is 10.2. The van der Waals surface area contributed by atoms with Crippen molar-refractivity contribution in [2.45, 2.75) is 45.6 Å². The first-order chi connectivity index (χ1) is 14.5. The lowest BCUT2D eigenvalue weighted by Crippen LogP contribution is -2.31. The predicted molar refractivity (Wildman–Crippen MR) is 121 cm³/mol. The van der Waals surface area contributed by atoms with Gasteiger partial charge in [0.1, 0.15) is 5.01 Å². The lowest BCUT2D eigenvalue weighted by molar-refractivity contribution is -0.152. The Morgan fingerprint density at radius 2 is 1.77 bits per heavy atom. The van der Waals surface area contributed by atoms with E-state index in [-0.39, 0.29) is 12.3 Å². The fraction of sp³-hybridized carbons (Fsp3) is 0.292. The first-order valence-corrected chi connectivity index (χ1v) is 10.9. The van der Waals surface area contributed by atoms with Crippen LogP contribution in [0, 0.1) is 0 Å². The molecule has 156 valence electrons. The first kappa shape index (κ1) is 21.7. The molecule has 0 radical (unpaired) electrons. The molecule has 3 rings (SSSR count). The van der Waals surface area contributed by atoms with Gasteiger partial charge in [0.15, 0.2) is 6.10 Å². The maximum absolute atomic E-state index is 12.6. The zero-order chi connectivity index (χ0) is 21.5. The minimum absolute atomic E-state index is 0.0322. The van der Waals surface area contributed by atoms with E-state index in [1.807, 2.05) is 60.0 Å². The Hall–Kier alpha value is -2.99. The van der Waals surface area contributed by atoms with Crippen LogP contribution in [0.25, 0.3) is 10.6 Å². The van der Waals surface area contributed by atoms with Gasteiger partial charge < -0.3 is 10.1 Å². The van der Waals surface area contributed by atoms with Crippen molar-refractivity contribution in [1.29, 1.82) is 0 Å². The summed E-state index contributed by atoms with van der Waals surface area (Å²) in [4.78, 5) is 29.4. The Kier molecular flexibility index (Phi) is 7.36. The SMILES string of the molecule is CCC(C)c1ccccc1NC(=O)C(C)OC(=O)Cc1csc(-c2ccccc2)n1. The van der Waals surface area contributed by atoms with Gasteiger partial charge in [-0.05, 0) is 30.9 Å². The summed E-state index contributed by atoms with van der Waals surface area (Å²) in [5.41, 5.74) is 3.47. The predicted octanol–water partition coefficient (Wildman–Crippen LogP) is 5.44. The summed E-state index contributed by atoms with van der Waals surface area (Å²) in [6, 6.07) is 17.5. The number of aromatic nitrogens is 1. The van der Waals surface area contributed by atoms with E-state index in [0.717, 1.165) is 28.2 Å². The molecule has 0 aliphatic rings. The normalized spacial score (nSPS) is 12.8. The highest BCUT2D eigenvalue weighted by Crippen LogP contribution is 2.27. The van der Waals surface area contributed by atoms with Crippen molar-refractivity contribution in [3.63, 3.8) is 0 Å². The van der Waals surface area contributed by atoms with E-state index in [1.54, 1.807) is 6.92 Å². The molecule has 0 aliphatic heterocycles. The molecule has 5 nitrogen and oxygen atoms in total. The standard InChI is InChI=1S/C24H26N2O3S/c1-4-16(2)20-12-8-9-13-21(20)26-23(28)17(3)29-22(27)14-19-15-30-24(25-19)18-10-6-5-7-11-18/h5-13,15-17H,4,14H2,1-3H3,(H,26,28). The molecule has 0 fully saturated rings. The smallest absolute Gasteiger partial charge is 0.312 e. The number of hydrogen-bond acceptors (Lipinski definition) is 5. The number of anilines is 1. The van der Waals surface area contributed by atoms with Gasteiger partial charge in [0.25, 0.3) is 5.91 Å².